The molecule has 0 aliphatic heterocycles. The van der Waals surface area contributed by atoms with E-state index in [1.807, 2.05) is 65.2 Å². The summed E-state index contributed by atoms with van der Waals surface area (Å²) in [6.07, 6.45) is 2.22. The molecule has 0 unspecified atom stereocenters. The zero-order chi connectivity index (χ0) is 18.8. The number of nitrogens with zero attached hydrogens (tertiary/aromatic N) is 3. The summed E-state index contributed by atoms with van der Waals surface area (Å²) in [7, 11) is 0. The quantitative estimate of drug-likeness (QED) is 0.591. The van der Waals surface area contributed by atoms with Crippen LogP contribution in [0.5, 0.6) is 0 Å². The number of Topliss-reactive ketones (excluding diaryl/α,β-unsaturated/α-hetero) is 1. The lowest BCUT2D eigenvalue weighted by Crippen LogP contribution is -1.99. The number of ketones is 1. The first-order chi connectivity index (χ1) is 13.1. The predicted molar refractivity (Wildman–Crippen MR) is 104 cm³/mol. The van der Waals surface area contributed by atoms with Crippen molar-refractivity contribution in [3.8, 4) is 22.5 Å². The van der Waals surface area contributed by atoms with Gasteiger partial charge < -0.3 is 5.11 Å². The van der Waals surface area contributed by atoms with Crippen LogP contribution in [-0.2, 0) is 17.8 Å². The van der Waals surface area contributed by atoms with Crippen molar-refractivity contribution in [1.82, 2.24) is 14.6 Å². The van der Waals surface area contributed by atoms with Crippen molar-refractivity contribution in [3.05, 3.63) is 78.0 Å². The lowest BCUT2D eigenvalue weighted by atomic mass is 10.0. The Morgan fingerprint density at radius 2 is 1.81 bits per heavy atom. The molecule has 4 aromatic rings. The van der Waals surface area contributed by atoms with E-state index in [9.17, 15) is 9.90 Å². The normalized spacial score (nSPS) is 11.0. The fraction of sp³-hybridized carbons (Fsp3) is 0.136. The highest BCUT2D eigenvalue weighted by atomic mass is 16.3. The Balaban J connectivity index is 1.76. The second kappa shape index (κ2) is 7.13. The number of carbonyl (C=O) groups is 1. The van der Waals surface area contributed by atoms with Gasteiger partial charge in [0.25, 0.3) is 0 Å². The molecule has 5 heteroatoms. The van der Waals surface area contributed by atoms with Crippen LogP contribution in [0.15, 0.2) is 66.9 Å². The lowest BCUT2D eigenvalue weighted by molar-refractivity contribution is -0.116. The minimum Gasteiger partial charge on any atom is -0.392 e. The summed E-state index contributed by atoms with van der Waals surface area (Å²) in [6.45, 7) is 1.61. The number of hydrogen-bond donors (Lipinski definition) is 1. The number of aromatic nitrogens is 3. The predicted octanol–water partition coefficient (Wildman–Crippen LogP) is 3.69. The van der Waals surface area contributed by atoms with Gasteiger partial charge >= 0.3 is 0 Å². The van der Waals surface area contributed by atoms with E-state index in [1.165, 1.54) is 0 Å². The fourth-order valence-corrected chi connectivity index (χ4v) is 3.13. The van der Waals surface area contributed by atoms with E-state index in [0.29, 0.717) is 6.42 Å². The molecule has 0 atom stereocenters. The first-order valence-electron chi connectivity index (χ1n) is 8.78. The van der Waals surface area contributed by atoms with Crippen LogP contribution in [0.25, 0.3) is 28.2 Å². The van der Waals surface area contributed by atoms with E-state index in [0.717, 1.165) is 39.3 Å². The van der Waals surface area contributed by atoms with Gasteiger partial charge in [-0.15, -0.1) is 0 Å². The van der Waals surface area contributed by atoms with Crippen molar-refractivity contribution in [1.29, 1.82) is 0 Å². The van der Waals surface area contributed by atoms with Gasteiger partial charge in [0.05, 0.1) is 24.2 Å². The van der Waals surface area contributed by atoms with Crippen molar-refractivity contribution in [2.24, 2.45) is 0 Å². The molecular formula is C22H19N3O2. The second-order valence-electron chi connectivity index (χ2n) is 6.57. The molecule has 0 amide bonds. The number of carbonyl (C=O) groups excluding carboxylic acids is 1. The maximum atomic E-state index is 11.4. The number of imidazole rings is 1. The highest BCUT2D eigenvalue weighted by Crippen LogP contribution is 2.24. The molecule has 5 nitrogen and oxygen atoms in total. The van der Waals surface area contributed by atoms with Gasteiger partial charge in [0, 0.05) is 17.5 Å². The Kier molecular flexibility index (Phi) is 4.52. The molecule has 0 saturated heterocycles. The lowest BCUT2D eigenvalue weighted by Gasteiger charge is -2.07. The molecule has 27 heavy (non-hydrogen) atoms. The van der Waals surface area contributed by atoms with Gasteiger partial charge in [0.15, 0.2) is 5.65 Å². The summed E-state index contributed by atoms with van der Waals surface area (Å²) < 4.78 is 1.82. The zero-order valence-corrected chi connectivity index (χ0v) is 15.0. The first kappa shape index (κ1) is 17.1. The van der Waals surface area contributed by atoms with Crippen LogP contribution in [0.2, 0.25) is 0 Å². The Morgan fingerprint density at radius 1 is 1.00 bits per heavy atom. The third-order valence-corrected chi connectivity index (χ3v) is 4.47. The van der Waals surface area contributed by atoms with Gasteiger partial charge in [0.1, 0.15) is 5.78 Å². The van der Waals surface area contributed by atoms with Gasteiger partial charge in [0.2, 0.25) is 0 Å². The molecular weight excluding hydrogens is 338 g/mol. The van der Waals surface area contributed by atoms with E-state index < -0.39 is 0 Å². The molecule has 0 aliphatic carbocycles. The summed E-state index contributed by atoms with van der Waals surface area (Å²) in [4.78, 5) is 15.8. The van der Waals surface area contributed by atoms with Gasteiger partial charge in [-0.05, 0) is 36.2 Å². The number of aliphatic hydroxyl groups excluding tert-OH is 1. The number of hydrogen-bond acceptors (Lipinski definition) is 4. The van der Waals surface area contributed by atoms with Crippen molar-refractivity contribution < 1.29 is 9.90 Å². The summed E-state index contributed by atoms with van der Waals surface area (Å²) >= 11 is 0. The monoisotopic (exact) mass is 357 g/mol. The number of benzene rings is 2. The third-order valence-electron chi connectivity index (χ3n) is 4.47. The van der Waals surface area contributed by atoms with Crippen molar-refractivity contribution in [2.75, 3.05) is 0 Å². The number of rotatable bonds is 5. The summed E-state index contributed by atoms with van der Waals surface area (Å²) in [6, 6.07) is 19.5. The molecule has 0 saturated carbocycles. The smallest absolute Gasteiger partial charge is 0.154 e. The van der Waals surface area contributed by atoms with Crippen LogP contribution in [0, 0.1) is 0 Å². The highest BCUT2D eigenvalue weighted by molar-refractivity contribution is 5.78. The largest absolute Gasteiger partial charge is 0.392 e. The van der Waals surface area contributed by atoms with Crippen LogP contribution in [0.4, 0.5) is 0 Å². The van der Waals surface area contributed by atoms with Crippen molar-refractivity contribution >= 4 is 11.4 Å². The average Bonchev–Trinajstić information content (AvgIpc) is 3.11. The molecule has 1 N–H and O–H groups in total. The Bertz CT molecular complexity index is 1110. The van der Waals surface area contributed by atoms with Gasteiger partial charge in [-0.2, -0.15) is 5.10 Å². The highest BCUT2D eigenvalue weighted by Gasteiger charge is 2.10. The minimum atomic E-state index is 0.0203. The van der Waals surface area contributed by atoms with E-state index in [1.54, 1.807) is 13.1 Å². The molecule has 2 heterocycles. The van der Waals surface area contributed by atoms with Crippen LogP contribution >= 0.6 is 0 Å². The van der Waals surface area contributed by atoms with E-state index in [-0.39, 0.29) is 12.4 Å². The van der Waals surface area contributed by atoms with Crippen LogP contribution in [0.1, 0.15) is 18.1 Å². The molecule has 4 rings (SSSR count). The maximum absolute atomic E-state index is 11.4. The molecule has 0 spiro atoms. The molecule has 0 aliphatic rings. The SMILES string of the molecule is CC(=O)Cc1cccc(-c2ccc3ncc(-c4ccc(CO)cc4)n3n2)c1. The summed E-state index contributed by atoms with van der Waals surface area (Å²) in [5.41, 5.74) is 6.26. The zero-order valence-electron chi connectivity index (χ0n) is 15.0. The number of fused-ring (bicyclic) bond motifs is 1. The van der Waals surface area contributed by atoms with E-state index >= 15 is 0 Å². The molecule has 2 aromatic carbocycles. The molecule has 2 aromatic heterocycles. The van der Waals surface area contributed by atoms with Crippen molar-refractivity contribution in [3.63, 3.8) is 0 Å². The molecule has 0 fully saturated rings. The fourth-order valence-electron chi connectivity index (χ4n) is 3.13. The van der Waals surface area contributed by atoms with Crippen LogP contribution < -0.4 is 0 Å². The van der Waals surface area contributed by atoms with Gasteiger partial charge in [-0.3, -0.25) is 4.79 Å². The van der Waals surface area contributed by atoms with Crippen LogP contribution in [0.3, 0.4) is 0 Å². The standard InChI is InChI=1S/C22H19N3O2/c1-15(27)11-17-3-2-4-19(12-17)20-9-10-22-23-13-21(25(22)24-20)18-7-5-16(14-26)6-8-18/h2-10,12-13,26H,11,14H2,1H3. The minimum absolute atomic E-state index is 0.0203. The van der Waals surface area contributed by atoms with Crippen molar-refractivity contribution in [2.45, 2.75) is 20.0 Å². The first-order valence-corrected chi connectivity index (χ1v) is 8.78. The van der Waals surface area contributed by atoms with E-state index in [2.05, 4.69) is 4.98 Å². The number of aliphatic hydroxyl groups is 1. The Hall–Kier alpha value is -3.31. The summed E-state index contributed by atoms with van der Waals surface area (Å²) in [5, 5.41) is 14.0. The average molecular weight is 357 g/mol. The molecule has 0 bridgehead atoms. The summed E-state index contributed by atoms with van der Waals surface area (Å²) in [5.74, 6) is 0.138. The molecule has 0 radical (unpaired) electrons. The third kappa shape index (κ3) is 3.50. The topological polar surface area (TPSA) is 67.5 Å². The Morgan fingerprint density at radius 3 is 2.56 bits per heavy atom. The van der Waals surface area contributed by atoms with E-state index in [4.69, 9.17) is 5.10 Å². The van der Waals surface area contributed by atoms with Gasteiger partial charge in [-0.25, -0.2) is 9.50 Å². The van der Waals surface area contributed by atoms with Crippen LogP contribution in [-0.4, -0.2) is 25.5 Å². The Labute approximate surface area is 156 Å². The molecule has 134 valence electrons. The van der Waals surface area contributed by atoms with Gasteiger partial charge in [-0.1, -0.05) is 42.5 Å². The second-order valence-corrected chi connectivity index (χ2v) is 6.57. The maximum Gasteiger partial charge on any atom is 0.154 e.